The number of aromatic nitrogens is 1. The van der Waals surface area contributed by atoms with E-state index in [9.17, 15) is 4.79 Å². The molecule has 3 heterocycles. The molecule has 3 aromatic rings. The van der Waals surface area contributed by atoms with Gasteiger partial charge in [-0.25, -0.2) is 4.98 Å². The Morgan fingerprint density at radius 2 is 1.81 bits per heavy atom. The van der Waals surface area contributed by atoms with Crippen LogP contribution in [0.3, 0.4) is 0 Å². The molecule has 4 rings (SSSR count). The number of nitrogens with one attached hydrogen (secondary N) is 2. The molecular formula is C24H31ClN3O4+3. The highest BCUT2D eigenvalue weighted by molar-refractivity contribution is 6.31. The number of benzene rings is 1. The van der Waals surface area contributed by atoms with Gasteiger partial charge in [0.2, 0.25) is 16.7 Å². The lowest BCUT2D eigenvalue weighted by Crippen LogP contribution is -3.19. The quantitative estimate of drug-likeness (QED) is 0.439. The molecular weight excluding hydrogens is 430 g/mol. The standard InChI is InChI=1S/C24H28ClN3O4/c25-18-4-5-20-21(14-18)27-7-6-23(20)30-12-2-1-3-13-31-24-17-32-19(15-22(24)29)16-28-10-8-26-9-11-28/h4-7,14-15,17,26H,1-3,8-13,16H2/p+3. The van der Waals surface area contributed by atoms with Crippen molar-refractivity contribution in [1.82, 2.24) is 0 Å². The summed E-state index contributed by atoms with van der Waals surface area (Å²) in [4.78, 5) is 16.9. The number of fused-ring (bicyclic) bond motifs is 1. The van der Waals surface area contributed by atoms with E-state index in [0.717, 1.165) is 74.4 Å². The van der Waals surface area contributed by atoms with Gasteiger partial charge in [-0.3, -0.25) is 4.79 Å². The summed E-state index contributed by atoms with van der Waals surface area (Å²) in [5.41, 5.74) is 0.842. The molecule has 0 aliphatic carbocycles. The van der Waals surface area contributed by atoms with Crippen molar-refractivity contribution in [2.45, 2.75) is 25.8 Å². The van der Waals surface area contributed by atoms with Gasteiger partial charge in [0.1, 0.15) is 44.7 Å². The van der Waals surface area contributed by atoms with Gasteiger partial charge in [0.15, 0.2) is 12.0 Å². The molecule has 32 heavy (non-hydrogen) atoms. The predicted molar refractivity (Wildman–Crippen MR) is 121 cm³/mol. The van der Waals surface area contributed by atoms with Gasteiger partial charge >= 0.3 is 0 Å². The first-order valence-corrected chi connectivity index (χ1v) is 11.7. The maximum absolute atomic E-state index is 12.3. The summed E-state index contributed by atoms with van der Waals surface area (Å²) in [7, 11) is 0. The number of unbranched alkanes of at least 4 members (excludes halogenated alkanes) is 2. The zero-order chi connectivity index (χ0) is 22.2. The van der Waals surface area contributed by atoms with E-state index in [1.807, 2.05) is 30.5 Å². The van der Waals surface area contributed by atoms with Crippen molar-refractivity contribution in [2.24, 2.45) is 0 Å². The van der Waals surface area contributed by atoms with Crippen molar-refractivity contribution < 1.29 is 29.1 Å². The number of hydrogen-bond donors (Lipinski definition) is 2. The van der Waals surface area contributed by atoms with Crippen LogP contribution in [-0.2, 0) is 6.54 Å². The van der Waals surface area contributed by atoms with E-state index in [1.165, 1.54) is 11.2 Å². The second kappa shape index (κ2) is 11.3. The van der Waals surface area contributed by atoms with Gasteiger partial charge in [-0.2, -0.15) is 0 Å². The summed E-state index contributed by atoms with van der Waals surface area (Å²) in [5, 5.41) is 4.02. The maximum atomic E-state index is 12.3. The van der Waals surface area contributed by atoms with Crippen molar-refractivity contribution in [3.05, 3.63) is 63.8 Å². The molecule has 2 aromatic heterocycles. The third-order valence-corrected chi connectivity index (χ3v) is 5.94. The largest absolute Gasteiger partial charge is 0.492 e. The lowest BCUT2D eigenvalue weighted by atomic mass is 10.2. The monoisotopic (exact) mass is 460 g/mol. The second-order valence-electron chi connectivity index (χ2n) is 8.16. The Hall–Kier alpha value is -2.61. The Morgan fingerprint density at radius 3 is 2.59 bits per heavy atom. The van der Waals surface area contributed by atoms with Crippen LogP contribution in [0.2, 0.25) is 5.02 Å². The third-order valence-electron chi connectivity index (χ3n) is 5.70. The van der Waals surface area contributed by atoms with Crippen LogP contribution in [0.5, 0.6) is 11.5 Å². The third kappa shape index (κ3) is 6.22. The van der Waals surface area contributed by atoms with Crippen LogP contribution in [-0.4, -0.2) is 39.4 Å². The van der Waals surface area contributed by atoms with Crippen molar-refractivity contribution >= 4 is 22.5 Å². The molecule has 8 heteroatoms. The molecule has 1 saturated heterocycles. The number of pyridine rings is 1. The molecule has 4 N–H and O–H groups in total. The van der Waals surface area contributed by atoms with Crippen LogP contribution in [0.15, 0.2) is 52.0 Å². The average molecular weight is 461 g/mol. The van der Waals surface area contributed by atoms with Gasteiger partial charge in [-0.05, 0) is 31.4 Å². The highest BCUT2D eigenvalue weighted by Crippen LogP contribution is 2.24. The normalized spacial score (nSPS) is 14.5. The number of quaternary nitrogens is 2. The van der Waals surface area contributed by atoms with Gasteiger partial charge in [-0.1, -0.05) is 11.6 Å². The Labute approximate surface area is 192 Å². The number of piperazine rings is 1. The highest BCUT2D eigenvalue weighted by atomic mass is 35.5. The zero-order valence-electron chi connectivity index (χ0n) is 18.2. The molecule has 0 bridgehead atoms. The Kier molecular flexibility index (Phi) is 7.98. The first kappa shape index (κ1) is 22.6. The number of nitrogens with two attached hydrogens (primary N) is 1. The molecule has 7 nitrogen and oxygen atoms in total. The van der Waals surface area contributed by atoms with Crippen molar-refractivity contribution in [1.29, 1.82) is 0 Å². The highest BCUT2D eigenvalue weighted by Gasteiger charge is 2.17. The van der Waals surface area contributed by atoms with Gasteiger partial charge in [0.25, 0.3) is 0 Å². The van der Waals surface area contributed by atoms with Crippen LogP contribution >= 0.6 is 11.6 Å². The van der Waals surface area contributed by atoms with Crippen LogP contribution in [0, 0.1) is 0 Å². The lowest BCUT2D eigenvalue weighted by Gasteiger charge is -2.21. The minimum atomic E-state index is -0.106. The van der Waals surface area contributed by atoms with E-state index < -0.39 is 0 Å². The van der Waals surface area contributed by atoms with E-state index >= 15 is 0 Å². The first-order valence-electron chi connectivity index (χ1n) is 11.3. The minimum Gasteiger partial charge on any atom is -0.492 e. The van der Waals surface area contributed by atoms with E-state index in [4.69, 9.17) is 25.5 Å². The molecule has 0 atom stereocenters. The average Bonchev–Trinajstić information content (AvgIpc) is 2.80. The number of rotatable bonds is 10. The van der Waals surface area contributed by atoms with Gasteiger partial charge in [0.05, 0.1) is 18.6 Å². The fraction of sp³-hybridized carbons (Fsp3) is 0.417. The number of halogens is 1. The maximum Gasteiger partial charge on any atom is 0.227 e. The summed E-state index contributed by atoms with van der Waals surface area (Å²) < 4.78 is 17.2. The van der Waals surface area contributed by atoms with Crippen molar-refractivity contribution in [2.75, 3.05) is 39.4 Å². The Balaban J connectivity index is 1.16. The fourth-order valence-electron chi connectivity index (χ4n) is 3.96. The molecule has 0 spiro atoms. The van der Waals surface area contributed by atoms with Gasteiger partial charge in [-0.15, -0.1) is 0 Å². The van der Waals surface area contributed by atoms with E-state index in [1.54, 1.807) is 6.07 Å². The van der Waals surface area contributed by atoms with E-state index in [2.05, 4.69) is 10.3 Å². The number of hydrogen-bond acceptors (Lipinski definition) is 4. The smallest absolute Gasteiger partial charge is 0.227 e. The van der Waals surface area contributed by atoms with Crippen LogP contribution in [0.4, 0.5) is 0 Å². The molecule has 0 unspecified atom stereocenters. The zero-order valence-corrected chi connectivity index (χ0v) is 19.0. The molecule has 1 aromatic carbocycles. The molecule has 1 aliphatic heterocycles. The first-order chi connectivity index (χ1) is 15.7. The topological polar surface area (TPSA) is 83.9 Å². The lowest BCUT2D eigenvalue weighted by molar-refractivity contribution is -0.958. The van der Waals surface area contributed by atoms with E-state index in [0.29, 0.717) is 18.2 Å². The van der Waals surface area contributed by atoms with E-state index in [-0.39, 0.29) is 11.2 Å². The summed E-state index contributed by atoms with van der Waals surface area (Å²) in [6.07, 6.45) is 6.01. The summed E-state index contributed by atoms with van der Waals surface area (Å²) in [6, 6.07) is 9.20. The molecule has 170 valence electrons. The number of H-pyrrole nitrogens is 1. The summed E-state index contributed by atoms with van der Waals surface area (Å²) in [5.74, 6) is 1.86. The van der Waals surface area contributed by atoms with Crippen LogP contribution in [0.25, 0.3) is 10.9 Å². The predicted octanol–water partition coefficient (Wildman–Crippen LogP) is 0.851. The fourth-order valence-corrected chi connectivity index (χ4v) is 4.13. The van der Waals surface area contributed by atoms with Gasteiger partial charge in [0, 0.05) is 23.2 Å². The Morgan fingerprint density at radius 1 is 1.03 bits per heavy atom. The van der Waals surface area contributed by atoms with Crippen LogP contribution in [0.1, 0.15) is 25.0 Å². The minimum absolute atomic E-state index is 0.106. The molecule has 0 saturated carbocycles. The second-order valence-corrected chi connectivity index (χ2v) is 8.59. The number of ether oxygens (including phenoxy) is 2. The molecule has 1 fully saturated rings. The van der Waals surface area contributed by atoms with Crippen molar-refractivity contribution in [3.63, 3.8) is 0 Å². The van der Waals surface area contributed by atoms with Crippen molar-refractivity contribution in [3.8, 4) is 11.5 Å². The Bertz CT molecular complexity index is 1080. The summed E-state index contributed by atoms with van der Waals surface area (Å²) >= 11 is 6.05. The molecule has 0 amide bonds. The SMILES string of the molecule is O=c1cc(C[NH+]2CC[NH2+]CC2)occ1OCCCCCOc1cc[nH+]c2cc(Cl)ccc12. The summed E-state index contributed by atoms with van der Waals surface area (Å²) in [6.45, 7) is 6.31. The van der Waals surface area contributed by atoms with Crippen LogP contribution < -0.4 is 30.1 Å². The number of aromatic amines is 1. The van der Waals surface area contributed by atoms with Gasteiger partial charge < -0.3 is 24.1 Å². The molecule has 0 radical (unpaired) electrons. The molecule has 1 aliphatic rings.